The lowest BCUT2D eigenvalue weighted by molar-refractivity contribution is -0.270. The molecule has 1 aliphatic rings. The molecule has 8 heteroatoms. The zero-order valence-electron chi connectivity index (χ0n) is 11.8. The number of fused-ring (bicyclic) bond motifs is 1. The summed E-state index contributed by atoms with van der Waals surface area (Å²) in [7, 11) is 0. The van der Waals surface area contributed by atoms with Crippen molar-refractivity contribution in [2.24, 2.45) is 0 Å². The average Bonchev–Trinajstić information content (AvgIpc) is 2.55. The van der Waals surface area contributed by atoms with Crippen LogP contribution in [0, 0.1) is 0 Å². The number of nitrogens with zero attached hydrogens (tertiary/aromatic N) is 1. The predicted molar refractivity (Wildman–Crippen MR) is 76.7 cm³/mol. The number of pyridine rings is 1. The van der Waals surface area contributed by atoms with Crippen LogP contribution in [-0.2, 0) is 9.53 Å². The number of ether oxygens (including phenoxy) is 2. The molecular weight excluding hydrogens is 306 g/mol. The SMILES string of the molecule is O=C(O)[C@H]1O[C@@H](Oc2cccc3ncccc23)[C@H](O)[C@@H](O)[C@@H]1O. The molecule has 1 fully saturated rings. The van der Waals surface area contributed by atoms with Crippen molar-refractivity contribution in [1.82, 2.24) is 4.98 Å². The second kappa shape index (κ2) is 6.09. The highest BCUT2D eigenvalue weighted by Crippen LogP contribution is 2.29. The number of aliphatic carboxylic acids is 1. The molecule has 2 aromatic rings. The molecule has 0 unspecified atom stereocenters. The molecule has 0 aliphatic carbocycles. The molecule has 0 spiro atoms. The maximum atomic E-state index is 11.1. The second-order valence-corrected chi connectivity index (χ2v) is 5.18. The van der Waals surface area contributed by atoms with Gasteiger partial charge in [0.2, 0.25) is 6.29 Å². The van der Waals surface area contributed by atoms with E-state index in [9.17, 15) is 20.1 Å². The van der Waals surface area contributed by atoms with E-state index in [0.717, 1.165) is 0 Å². The third-order valence-corrected chi connectivity index (χ3v) is 3.66. The van der Waals surface area contributed by atoms with E-state index in [0.29, 0.717) is 16.7 Å². The van der Waals surface area contributed by atoms with Gasteiger partial charge in [-0.3, -0.25) is 4.98 Å². The van der Waals surface area contributed by atoms with E-state index in [4.69, 9.17) is 14.6 Å². The number of aliphatic hydroxyl groups is 3. The number of carboxylic acid groups (broad SMARTS) is 1. The highest BCUT2D eigenvalue weighted by Gasteiger charge is 2.48. The Hall–Kier alpha value is -2.26. The fraction of sp³-hybridized carbons (Fsp3) is 0.333. The number of aromatic nitrogens is 1. The molecule has 5 atom stereocenters. The summed E-state index contributed by atoms with van der Waals surface area (Å²) in [5, 5.41) is 39.1. The summed E-state index contributed by atoms with van der Waals surface area (Å²) in [4.78, 5) is 15.2. The van der Waals surface area contributed by atoms with Gasteiger partial charge >= 0.3 is 5.97 Å². The van der Waals surface area contributed by atoms with Crippen molar-refractivity contribution >= 4 is 16.9 Å². The minimum absolute atomic E-state index is 0.312. The van der Waals surface area contributed by atoms with Crippen molar-refractivity contribution in [3.05, 3.63) is 36.5 Å². The van der Waals surface area contributed by atoms with Crippen LogP contribution in [0.3, 0.4) is 0 Å². The molecule has 0 saturated carbocycles. The van der Waals surface area contributed by atoms with Gasteiger partial charge in [0.05, 0.1) is 5.52 Å². The van der Waals surface area contributed by atoms with Gasteiger partial charge < -0.3 is 29.9 Å². The first-order valence-corrected chi connectivity index (χ1v) is 6.92. The average molecular weight is 321 g/mol. The standard InChI is InChI=1S/C15H15NO7/c17-10-11(18)13(14(20)21)23-15(12(10)19)22-9-5-1-4-8-7(9)3-2-6-16-8/h1-6,10-13,15,17-19H,(H,20,21)/t10-,11-,12+,13-,15+/m0/s1. The molecule has 1 aliphatic heterocycles. The van der Waals surface area contributed by atoms with Gasteiger partial charge in [-0.25, -0.2) is 4.79 Å². The second-order valence-electron chi connectivity index (χ2n) is 5.18. The number of carbonyl (C=O) groups is 1. The van der Waals surface area contributed by atoms with Gasteiger partial charge in [0.1, 0.15) is 24.1 Å². The summed E-state index contributed by atoms with van der Waals surface area (Å²) >= 11 is 0. The van der Waals surface area contributed by atoms with E-state index in [1.54, 1.807) is 36.5 Å². The van der Waals surface area contributed by atoms with Gasteiger partial charge in [0.25, 0.3) is 0 Å². The van der Waals surface area contributed by atoms with Crippen molar-refractivity contribution in [3.8, 4) is 5.75 Å². The number of hydrogen-bond donors (Lipinski definition) is 4. The van der Waals surface area contributed by atoms with Crippen molar-refractivity contribution in [3.63, 3.8) is 0 Å². The Balaban J connectivity index is 1.90. The summed E-state index contributed by atoms with van der Waals surface area (Å²) in [5.41, 5.74) is 0.644. The molecule has 4 N–H and O–H groups in total. The maximum absolute atomic E-state index is 11.1. The summed E-state index contributed by atoms with van der Waals surface area (Å²) in [6, 6.07) is 8.49. The zero-order valence-corrected chi connectivity index (χ0v) is 11.8. The lowest BCUT2D eigenvalue weighted by atomic mass is 9.99. The number of hydrogen-bond acceptors (Lipinski definition) is 7. The maximum Gasteiger partial charge on any atom is 0.335 e. The molecule has 2 heterocycles. The van der Waals surface area contributed by atoms with Crippen LogP contribution in [0.5, 0.6) is 5.75 Å². The first-order chi connectivity index (χ1) is 11.0. The molecule has 3 rings (SSSR count). The third-order valence-electron chi connectivity index (χ3n) is 3.66. The van der Waals surface area contributed by atoms with E-state index < -0.39 is 36.7 Å². The molecule has 0 amide bonds. The first kappa shape index (κ1) is 15.6. The molecule has 8 nitrogen and oxygen atoms in total. The Bertz CT molecular complexity index is 717. The largest absolute Gasteiger partial charge is 0.479 e. The molecule has 1 aromatic heterocycles. The molecule has 0 bridgehead atoms. The quantitative estimate of drug-likeness (QED) is 0.596. The highest BCUT2D eigenvalue weighted by atomic mass is 16.7. The van der Waals surface area contributed by atoms with E-state index in [1.807, 2.05) is 0 Å². The van der Waals surface area contributed by atoms with Crippen LogP contribution in [0.4, 0.5) is 0 Å². The minimum atomic E-state index is -1.75. The van der Waals surface area contributed by atoms with Gasteiger partial charge in [-0.05, 0) is 24.3 Å². The summed E-state index contributed by atoms with van der Waals surface area (Å²) < 4.78 is 10.6. The topological polar surface area (TPSA) is 129 Å². The molecule has 23 heavy (non-hydrogen) atoms. The Morgan fingerprint density at radius 3 is 2.61 bits per heavy atom. The van der Waals surface area contributed by atoms with Crippen LogP contribution in [0.1, 0.15) is 0 Å². The minimum Gasteiger partial charge on any atom is -0.479 e. The first-order valence-electron chi connectivity index (χ1n) is 6.92. The van der Waals surface area contributed by atoms with Crippen molar-refractivity contribution in [2.75, 3.05) is 0 Å². The monoisotopic (exact) mass is 321 g/mol. The molecule has 1 aromatic carbocycles. The van der Waals surface area contributed by atoms with Crippen LogP contribution in [0.15, 0.2) is 36.5 Å². The van der Waals surface area contributed by atoms with Gasteiger partial charge in [0, 0.05) is 11.6 Å². The predicted octanol–water partition coefficient (Wildman–Crippen LogP) is -0.494. The number of aliphatic hydroxyl groups excluding tert-OH is 3. The smallest absolute Gasteiger partial charge is 0.335 e. The summed E-state index contributed by atoms with van der Waals surface area (Å²) in [5.74, 6) is -1.15. The van der Waals surface area contributed by atoms with E-state index in [2.05, 4.69) is 4.98 Å². The fourth-order valence-electron chi connectivity index (χ4n) is 2.45. The summed E-state index contributed by atoms with van der Waals surface area (Å²) in [6.45, 7) is 0. The lowest BCUT2D eigenvalue weighted by Crippen LogP contribution is -2.61. The van der Waals surface area contributed by atoms with Crippen LogP contribution in [-0.4, -0.2) is 62.1 Å². The zero-order chi connectivity index (χ0) is 16.6. The molecule has 1 saturated heterocycles. The van der Waals surface area contributed by atoms with E-state index >= 15 is 0 Å². The van der Waals surface area contributed by atoms with Crippen LogP contribution >= 0.6 is 0 Å². The van der Waals surface area contributed by atoms with E-state index in [1.165, 1.54) is 0 Å². The lowest BCUT2D eigenvalue weighted by Gasteiger charge is -2.38. The Labute approximate surface area is 130 Å². The van der Waals surface area contributed by atoms with Crippen LogP contribution in [0.2, 0.25) is 0 Å². The number of carboxylic acids is 1. The molecule has 0 radical (unpaired) electrons. The number of benzene rings is 1. The van der Waals surface area contributed by atoms with Gasteiger partial charge in [-0.15, -0.1) is 0 Å². The molecular formula is C15H15NO7. The Morgan fingerprint density at radius 1 is 1.09 bits per heavy atom. The van der Waals surface area contributed by atoms with Crippen molar-refractivity contribution < 1.29 is 34.7 Å². The normalized spacial score (nSPS) is 31.0. The van der Waals surface area contributed by atoms with Crippen LogP contribution < -0.4 is 4.74 Å². The third kappa shape index (κ3) is 2.84. The van der Waals surface area contributed by atoms with Gasteiger partial charge in [0.15, 0.2) is 6.10 Å². The fourth-order valence-corrected chi connectivity index (χ4v) is 2.45. The van der Waals surface area contributed by atoms with E-state index in [-0.39, 0.29) is 0 Å². The van der Waals surface area contributed by atoms with Gasteiger partial charge in [-0.2, -0.15) is 0 Å². The van der Waals surface area contributed by atoms with Crippen LogP contribution in [0.25, 0.3) is 10.9 Å². The Kier molecular flexibility index (Phi) is 4.14. The number of rotatable bonds is 3. The Morgan fingerprint density at radius 2 is 1.87 bits per heavy atom. The molecule has 122 valence electrons. The van der Waals surface area contributed by atoms with Gasteiger partial charge in [-0.1, -0.05) is 6.07 Å². The highest BCUT2D eigenvalue weighted by molar-refractivity contribution is 5.84. The summed E-state index contributed by atoms with van der Waals surface area (Å²) in [6.07, 6.45) is -6.60. The van der Waals surface area contributed by atoms with Crippen molar-refractivity contribution in [2.45, 2.75) is 30.7 Å². The van der Waals surface area contributed by atoms with Crippen molar-refractivity contribution in [1.29, 1.82) is 0 Å².